The van der Waals surface area contributed by atoms with Gasteiger partial charge in [-0.25, -0.2) is 4.98 Å². The SMILES string of the molecule is O=C(Nc1ccc(Cl)c(-c2nccc3ccccc23)c1)c1n[nH]c2ncccc12. The van der Waals surface area contributed by atoms with Gasteiger partial charge in [-0.3, -0.25) is 14.9 Å². The van der Waals surface area contributed by atoms with Crippen LogP contribution in [0.3, 0.4) is 0 Å². The highest BCUT2D eigenvalue weighted by Crippen LogP contribution is 2.34. The molecule has 1 amide bonds. The Morgan fingerprint density at radius 1 is 0.931 bits per heavy atom. The number of fused-ring (bicyclic) bond motifs is 2. The average Bonchev–Trinajstić information content (AvgIpc) is 3.19. The van der Waals surface area contributed by atoms with E-state index >= 15 is 0 Å². The first-order chi connectivity index (χ1) is 14.2. The Morgan fingerprint density at radius 3 is 2.72 bits per heavy atom. The summed E-state index contributed by atoms with van der Waals surface area (Å²) in [6, 6.07) is 18.8. The maximum absolute atomic E-state index is 12.8. The van der Waals surface area contributed by atoms with Crippen molar-refractivity contribution >= 4 is 45.0 Å². The lowest BCUT2D eigenvalue weighted by Crippen LogP contribution is -2.12. The zero-order valence-electron chi connectivity index (χ0n) is 15.1. The van der Waals surface area contributed by atoms with Crippen molar-refractivity contribution in [2.75, 3.05) is 5.32 Å². The quantitative estimate of drug-likeness (QED) is 0.443. The molecular weight excluding hydrogens is 386 g/mol. The van der Waals surface area contributed by atoms with E-state index in [1.54, 1.807) is 36.7 Å². The molecule has 6 nitrogen and oxygen atoms in total. The molecule has 3 heterocycles. The second-order valence-corrected chi connectivity index (χ2v) is 6.91. The highest BCUT2D eigenvalue weighted by atomic mass is 35.5. The van der Waals surface area contributed by atoms with E-state index in [-0.39, 0.29) is 11.6 Å². The molecule has 0 saturated heterocycles. The predicted molar refractivity (Wildman–Crippen MR) is 114 cm³/mol. The molecule has 2 N–H and O–H groups in total. The molecule has 29 heavy (non-hydrogen) atoms. The monoisotopic (exact) mass is 399 g/mol. The van der Waals surface area contributed by atoms with E-state index in [2.05, 4.69) is 25.5 Å². The lowest BCUT2D eigenvalue weighted by molar-refractivity contribution is 0.102. The number of nitrogens with zero attached hydrogens (tertiary/aromatic N) is 3. The standard InChI is InChI=1S/C22H14ClN5O/c23-18-8-7-14(26-22(29)20-16-6-3-10-25-21(16)28-27-20)12-17(18)19-15-5-2-1-4-13(15)9-11-24-19/h1-12H,(H,26,29)(H,25,27,28). The molecule has 3 aromatic heterocycles. The van der Waals surface area contributed by atoms with Crippen molar-refractivity contribution in [3.63, 3.8) is 0 Å². The molecule has 0 fully saturated rings. The molecule has 7 heteroatoms. The molecule has 140 valence electrons. The molecule has 5 rings (SSSR count). The number of carbonyl (C=O) groups excluding carboxylic acids is 1. The van der Waals surface area contributed by atoms with Crippen LogP contribution < -0.4 is 5.32 Å². The summed E-state index contributed by atoms with van der Waals surface area (Å²) in [5.41, 5.74) is 2.96. The summed E-state index contributed by atoms with van der Waals surface area (Å²) in [5.74, 6) is -0.330. The van der Waals surface area contributed by atoms with Gasteiger partial charge < -0.3 is 5.32 Å². The van der Waals surface area contributed by atoms with E-state index in [0.29, 0.717) is 21.7 Å². The number of rotatable bonds is 3. The number of hydrogen-bond donors (Lipinski definition) is 2. The van der Waals surface area contributed by atoms with Gasteiger partial charge in [0, 0.05) is 29.0 Å². The van der Waals surface area contributed by atoms with Gasteiger partial charge in [-0.15, -0.1) is 0 Å². The Balaban J connectivity index is 1.54. The number of H-pyrrole nitrogens is 1. The third kappa shape index (κ3) is 3.09. The van der Waals surface area contributed by atoms with Crippen molar-refractivity contribution in [3.8, 4) is 11.3 Å². The summed E-state index contributed by atoms with van der Waals surface area (Å²) in [6.07, 6.45) is 3.40. The Bertz CT molecular complexity index is 1370. The average molecular weight is 400 g/mol. The number of carbonyl (C=O) groups is 1. The minimum absolute atomic E-state index is 0.285. The number of benzene rings is 2. The van der Waals surface area contributed by atoms with Crippen molar-refractivity contribution < 1.29 is 4.79 Å². The van der Waals surface area contributed by atoms with Crippen molar-refractivity contribution in [3.05, 3.63) is 83.8 Å². The van der Waals surface area contributed by atoms with Gasteiger partial charge in [-0.05, 0) is 41.8 Å². The van der Waals surface area contributed by atoms with Crippen LogP contribution in [0.5, 0.6) is 0 Å². The Hall–Kier alpha value is -3.77. The fourth-order valence-corrected chi connectivity index (χ4v) is 3.54. The topological polar surface area (TPSA) is 83.6 Å². The molecule has 0 aliphatic rings. The van der Waals surface area contributed by atoms with Crippen LogP contribution >= 0.6 is 11.6 Å². The first-order valence-corrected chi connectivity index (χ1v) is 9.32. The smallest absolute Gasteiger partial charge is 0.276 e. The second kappa shape index (κ2) is 7.00. The number of nitrogens with one attached hydrogen (secondary N) is 2. The van der Waals surface area contributed by atoms with E-state index in [1.165, 1.54) is 0 Å². The Labute approximate surface area is 170 Å². The molecule has 0 spiro atoms. The highest BCUT2D eigenvalue weighted by Gasteiger charge is 2.16. The largest absolute Gasteiger partial charge is 0.321 e. The van der Waals surface area contributed by atoms with Crippen LogP contribution in [0, 0.1) is 0 Å². The molecule has 2 aromatic carbocycles. The van der Waals surface area contributed by atoms with Crippen molar-refractivity contribution in [1.29, 1.82) is 0 Å². The summed E-state index contributed by atoms with van der Waals surface area (Å²) in [4.78, 5) is 21.5. The van der Waals surface area contributed by atoms with Gasteiger partial charge in [-0.2, -0.15) is 5.10 Å². The van der Waals surface area contributed by atoms with Crippen LogP contribution in [0.15, 0.2) is 73.1 Å². The summed E-state index contributed by atoms with van der Waals surface area (Å²) in [7, 11) is 0. The minimum atomic E-state index is -0.330. The van der Waals surface area contributed by atoms with Gasteiger partial charge in [0.25, 0.3) is 5.91 Å². The number of pyridine rings is 2. The van der Waals surface area contributed by atoms with Gasteiger partial charge in [0.05, 0.1) is 16.1 Å². The van der Waals surface area contributed by atoms with Crippen LogP contribution in [0.4, 0.5) is 5.69 Å². The fraction of sp³-hybridized carbons (Fsp3) is 0. The number of hydrogen-bond acceptors (Lipinski definition) is 4. The lowest BCUT2D eigenvalue weighted by atomic mass is 10.0. The molecule has 5 aromatic rings. The second-order valence-electron chi connectivity index (χ2n) is 6.50. The fourth-order valence-electron chi connectivity index (χ4n) is 3.34. The first kappa shape index (κ1) is 17.3. The highest BCUT2D eigenvalue weighted by molar-refractivity contribution is 6.33. The lowest BCUT2D eigenvalue weighted by Gasteiger charge is -2.10. The van der Waals surface area contributed by atoms with E-state index in [4.69, 9.17) is 11.6 Å². The third-order valence-electron chi connectivity index (χ3n) is 4.70. The first-order valence-electron chi connectivity index (χ1n) is 8.95. The number of halogens is 1. The van der Waals surface area contributed by atoms with Gasteiger partial charge in [0.1, 0.15) is 0 Å². The van der Waals surface area contributed by atoms with E-state index in [0.717, 1.165) is 22.0 Å². The Morgan fingerprint density at radius 2 is 1.79 bits per heavy atom. The van der Waals surface area contributed by atoms with Crippen LogP contribution in [-0.4, -0.2) is 26.1 Å². The molecule has 0 saturated carbocycles. The number of aromatic amines is 1. The maximum Gasteiger partial charge on any atom is 0.276 e. The van der Waals surface area contributed by atoms with Gasteiger partial charge in [-0.1, -0.05) is 35.9 Å². The van der Waals surface area contributed by atoms with E-state index in [9.17, 15) is 4.79 Å². The van der Waals surface area contributed by atoms with Crippen molar-refractivity contribution in [2.45, 2.75) is 0 Å². The molecule has 0 aliphatic carbocycles. The molecule has 0 aliphatic heterocycles. The number of amides is 1. The van der Waals surface area contributed by atoms with Gasteiger partial charge >= 0.3 is 0 Å². The van der Waals surface area contributed by atoms with Crippen LogP contribution in [0.1, 0.15) is 10.5 Å². The summed E-state index contributed by atoms with van der Waals surface area (Å²) >= 11 is 6.47. The predicted octanol–water partition coefficient (Wildman–Crippen LogP) is 5.08. The minimum Gasteiger partial charge on any atom is -0.321 e. The normalized spacial score (nSPS) is 11.1. The number of aromatic nitrogens is 4. The third-order valence-corrected chi connectivity index (χ3v) is 5.03. The van der Waals surface area contributed by atoms with Crippen LogP contribution in [-0.2, 0) is 0 Å². The van der Waals surface area contributed by atoms with Crippen LogP contribution in [0.25, 0.3) is 33.1 Å². The zero-order chi connectivity index (χ0) is 19.8. The van der Waals surface area contributed by atoms with E-state index < -0.39 is 0 Å². The summed E-state index contributed by atoms with van der Waals surface area (Å²) in [6.45, 7) is 0. The molecule has 0 radical (unpaired) electrons. The zero-order valence-corrected chi connectivity index (χ0v) is 15.8. The summed E-state index contributed by atoms with van der Waals surface area (Å²) < 4.78 is 0. The van der Waals surface area contributed by atoms with Gasteiger partial charge in [0.15, 0.2) is 11.3 Å². The van der Waals surface area contributed by atoms with Crippen molar-refractivity contribution in [1.82, 2.24) is 20.2 Å². The van der Waals surface area contributed by atoms with Crippen molar-refractivity contribution in [2.24, 2.45) is 0 Å². The molecule has 0 bridgehead atoms. The summed E-state index contributed by atoms with van der Waals surface area (Å²) in [5, 5.41) is 13.0. The molecular formula is C22H14ClN5O. The van der Waals surface area contributed by atoms with E-state index in [1.807, 2.05) is 36.4 Å². The van der Waals surface area contributed by atoms with Gasteiger partial charge in [0.2, 0.25) is 0 Å². The molecule has 0 atom stereocenters. The Kier molecular flexibility index (Phi) is 4.18. The maximum atomic E-state index is 12.8. The number of anilines is 1. The molecule has 0 unspecified atom stereocenters. The van der Waals surface area contributed by atoms with Crippen LogP contribution in [0.2, 0.25) is 5.02 Å².